The zero-order valence-corrected chi connectivity index (χ0v) is 18.4. The van der Waals surface area contributed by atoms with Crippen molar-refractivity contribution in [1.82, 2.24) is 0 Å². The van der Waals surface area contributed by atoms with E-state index in [4.69, 9.17) is 28.0 Å². The van der Waals surface area contributed by atoms with Crippen LogP contribution in [0, 0.1) is 6.92 Å². The van der Waals surface area contributed by atoms with Crippen LogP contribution in [0.5, 0.6) is 0 Å². The van der Waals surface area contributed by atoms with Crippen LogP contribution in [-0.4, -0.2) is 24.0 Å². The molecule has 3 rings (SSSR count). The molecule has 0 saturated heterocycles. The summed E-state index contributed by atoms with van der Waals surface area (Å²) in [4.78, 5) is 16.8. The predicted octanol–water partition coefficient (Wildman–Crippen LogP) is 7.17. The number of benzene rings is 2. The Labute approximate surface area is 194 Å². The summed E-state index contributed by atoms with van der Waals surface area (Å²) in [5, 5.41) is 5.95. The fourth-order valence-electron chi connectivity index (χ4n) is 3.25. The second kappa shape index (κ2) is 9.06. The minimum Gasteiger partial charge on any atom is -0.374 e. The van der Waals surface area contributed by atoms with Gasteiger partial charge in [-0.15, -0.1) is 0 Å². The number of carbonyl (C=O) groups is 1. The third kappa shape index (κ3) is 5.73. The highest BCUT2D eigenvalue weighted by Gasteiger charge is 2.62. The van der Waals surface area contributed by atoms with Gasteiger partial charge >= 0.3 is 12.4 Å². The van der Waals surface area contributed by atoms with E-state index in [-0.39, 0.29) is 32.6 Å². The van der Waals surface area contributed by atoms with Crippen LogP contribution in [0.3, 0.4) is 0 Å². The maximum Gasteiger partial charge on any atom is 0.435 e. The number of halogens is 8. The first-order chi connectivity index (χ1) is 15.2. The summed E-state index contributed by atoms with van der Waals surface area (Å²) >= 11 is 11.8. The third-order valence-corrected chi connectivity index (χ3v) is 5.43. The number of anilines is 1. The van der Waals surface area contributed by atoms with Crippen LogP contribution >= 0.6 is 23.2 Å². The quantitative estimate of drug-likeness (QED) is 0.432. The lowest BCUT2D eigenvalue weighted by atomic mass is 9.86. The van der Waals surface area contributed by atoms with Crippen molar-refractivity contribution in [3.8, 4) is 0 Å². The molecule has 0 aliphatic carbocycles. The number of alkyl halides is 6. The third-order valence-electron chi connectivity index (χ3n) is 5.00. The van der Waals surface area contributed by atoms with E-state index in [1.54, 1.807) is 6.92 Å². The maximum absolute atomic E-state index is 14.1. The van der Waals surface area contributed by atoms with Gasteiger partial charge in [0.05, 0.1) is 12.1 Å². The van der Waals surface area contributed by atoms with E-state index in [2.05, 4.69) is 10.5 Å². The molecule has 1 atom stereocenters. The molecule has 2 aromatic carbocycles. The van der Waals surface area contributed by atoms with E-state index in [1.165, 1.54) is 24.3 Å². The molecule has 0 saturated carbocycles. The van der Waals surface area contributed by atoms with Crippen molar-refractivity contribution >= 4 is 40.5 Å². The summed E-state index contributed by atoms with van der Waals surface area (Å²) in [6, 6.07) is 7.75. The number of nitrogens with one attached hydrogen (secondary N) is 1. The number of hydrogen-bond acceptors (Lipinski definition) is 3. The highest BCUT2D eigenvalue weighted by atomic mass is 35.5. The standard InChI is InChI=1S/C21H16Cl2F6N2O2/c1-11-2-3-12(6-16(11)30-18(32)4-5-20(24,25)26)17-10-19(33-31-17,21(27,28)29)13-7-14(22)9-15(23)8-13/h2-3,6-9H,4-5,10H2,1H3,(H,30,32). The summed E-state index contributed by atoms with van der Waals surface area (Å²) in [5.41, 5.74) is -2.39. The number of oxime groups is 1. The summed E-state index contributed by atoms with van der Waals surface area (Å²) in [6.45, 7) is 1.59. The van der Waals surface area contributed by atoms with Crippen LogP contribution in [0.1, 0.15) is 36.0 Å². The molecule has 178 valence electrons. The Morgan fingerprint density at radius 2 is 1.73 bits per heavy atom. The van der Waals surface area contributed by atoms with Gasteiger partial charge in [-0.2, -0.15) is 26.3 Å². The average molecular weight is 513 g/mol. The van der Waals surface area contributed by atoms with Gasteiger partial charge in [-0.05, 0) is 36.8 Å². The van der Waals surface area contributed by atoms with Gasteiger partial charge in [0.15, 0.2) is 0 Å². The molecule has 0 bridgehead atoms. The molecule has 4 nitrogen and oxygen atoms in total. The first-order valence-corrected chi connectivity index (χ1v) is 10.2. The fourth-order valence-corrected chi connectivity index (χ4v) is 3.78. The van der Waals surface area contributed by atoms with E-state index < -0.39 is 43.1 Å². The van der Waals surface area contributed by atoms with Crippen molar-refractivity contribution in [1.29, 1.82) is 0 Å². The van der Waals surface area contributed by atoms with Crippen LogP contribution in [0.15, 0.2) is 41.6 Å². The van der Waals surface area contributed by atoms with Crippen molar-refractivity contribution in [2.45, 2.75) is 44.1 Å². The van der Waals surface area contributed by atoms with E-state index in [9.17, 15) is 31.1 Å². The van der Waals surface area contributed by atoms with Gasteiger partial charge < -0.3 is 10.2 Å². The molecule has 1 unspecified atom stereocenters. The SMILES string of the molecule is Cc1ccc(C2=NOC(c3cc(Cl)cc(Cl)c3)(C(F)(F)F)C2)cc1NC(=O)CCC(F)(F)F. The van der Waals surface area contributed by atoms with Crippen LogP contribution < -0.4 is 5.32 Å². The molecule has 0 spiro atoms. The van der Waals surface area contributed by atoms with Gasteiger partial charge in [-0.25, -0.2) is 0 Å². The Hall–Kier alpha value is -2.46. The number of carbonyl (C=O) groups excluding carboxylic acids is 1. The Balaban J connectivity index is 1.87. The highest BCUT2D eigenvalue weighted by Crippen LogP contribution is 2.49. The molecule has 0 aromatic heterocycles. The largest absolute Gasteiger partial charge is 0.435 e. The fraction of sp³-hybridized carbons (Fsp3) is 0.333. The van der Waals surface area contributed by atoms with Crippen molar-refractivity contribution in [2.75, 3.05) is 5.32 Å². The Kier molecular flexibility index (Phi) is 6.91. The van der Waals surface area contributed by atoms with Gasteiger partial charge in [-0.3, -0.25) is 4.79 Å². The molecule has 33 heavy (non-hydrogen) atoms. The van der Waals surface area contributed by atoms with Crippen molar-refractivity contribution < 1.29 is 36.0 Å². The number of rotatable bonds is 5. The molecule has 1 aliphatic heterocycles. The van der Waals surface area contributed by atoms with Crippen LogP contribution in [0.2, 0.25) is 10.0 Å². The minimum absolute atomic E-state index is 0.0163. The number of amides is 1. The molecular formula is C21H16Cl2F6N2O2. The summed E-state index contributed by atoms with van der Waals surface area (Å²) < 4.78 is 79.4. The minimum atomic E-state index is -4.88. The van der Waals surface area contributed by atoms with Gasteiger partial charge in [0.1, 0.15) is 0 Å². The molecule has 1 heterocycles. The lowest BCUT2D eigenvalue weighted by molar-refractivity contribution is -0.275. The second-order valence-electron chi connectivity index (χ2n) is 7.48. The summed E-state index contributed by atoms with van der Waals surface area (Å²) in [6.07, 6.45) is -12.2. The first kappa shape index (κ1) is 25.2. The molecule has 0 radical (unpaired) electrons. The molecule has 2 aromatic rings. The molecule has 12 heteroatoms. The molecular weight excluding hydrogens is 497 g/mol. The number of nitrogens with zero attached hydrogens (tertiary/aromatic N) is 1. The average Bonchev–Trinajstić information content (AvgIpc) is 3.14. The van der Waals surface area contributed by atoms with E-state index >= 15 is 0 Å². The van der Waals surface area contributed by atoms with E-state index in [1.807, 2.05) is 0 Å². The van der Waals surface area contributed by atoms with Crippen molar-refractivity contribution in [3.05, 3.63) is 63.1 Å². The smallest absolute Gasteiger partial charge is 0.374 e. The highest BCUT2D eigenvalue weighted by molar-refractivity contribution is 6.34. The zero-order chi connectivity index (χ0) is 24.6. The van der Waals surface area contributed by atoms with E-state index in [0.717, 1.165) is 12.1 Å². The first-order valence-electron chi connectivity index (χ1n) is 9.46. The Morgan fingerprint density at radius 1 is 1.09 bits per heavy atom. The van der Waals surface area contributed by atoms with Gasteiger partial charge in [0.2, 0.25) is 5.91 Å². The van der Waals surface area contributed by atoms with Crippen LogP contribution in [-0.2, 0) is 15.2 Å². The molecule has 1 aliphatic rings. The monoisotopic (exact) mass is 512 g/mol. The number of aryl methyl sites for hydroxylation is 1. The predicted molar refractivity (Wildman–Crippen MR) is 112 cm³/mol. The van der Waals surface area contributed by atoms with Crippen LogP contribution in [0.4, 0.5) is 32.0 Å². The second-order valence-corrected chi connectivity index (χ2v) is 8.35. The lowest BCUT2D eigenvalue weighted by Crippen LogP contribution is -2.42. The normalized spacial score (nSPS) is 18.6. The van der Waals surface area contributed by atoms with E-state index in [0.29, 0.717) is 5.56 Å². The summed E-state index contributed by atoms with van der Waals surface area (Å²) in [7, 11) is 0. The van der Waals surface area contributed by atoms with Crippen molar-refractivity contribution in [2.24, 2.45) is 5.16 Å². The van der Waals surface area contributed by atoms with Gasteiger partial charge in [0, 0.05) is 39.7 Å². The van der Waals surface area contributed by atoms with Crippen molar-refractivity contribution in [3.63, 3.8) is 0 Å². The topological polar surface area (TPSA) is 50.7 Å². The maximum atomic E-state index is 14.1. The Morgan fingerprint density at radius 3 is 2.30 bits per heavy atom. The molecule has 0 fully saturated rings. The lowest BCUT2D eigenvalue weighted by Gasteiger charge is -2.29. The van der Waals surface area contributed by atoms with Gasteiger partial charge in [0.25, 0.3) is 5.60 Å². The van der Waals surface area contributed by atoms with Crippen LogP contribution in [0.25, 0.3) is 0 Å². The Bertz CT molecular complexity index is 1080. The zero-order valence-electron chi connectivity index (χ0n) is 16.9. The summed E-state index contributed by atoms with van der Waals surface area (Å²) in [5.74, 6) is -0.879. The molecule has 1 N–H and O–H groups in total. The van der Waals surface area contributed by atoms with Gasteiger partial charge in [-0.1, -0.05) is 40.5 Å². The number of hydrogen-bond donors (Lipinski definition) is 1. The molecule has 1 amide bonds.